The molecule has 92 valence electrons. The Morgan fingerprint density at radius 3 is 2.82 bits per heavy atom. The summed E-state index contributed by atoms with van der Waals surface area (Å²) in [6.07, 6.45) is 0. The van der Waals surface area contributed by atoms with E-state index in [9.17, 15) is 0 Å². The van der Waals surface area contributed by atoms with Gasteiger partial charge < -0.3 is 5.32 Å². The smallest absolute Gasteiger partial charge is 0.179 e. The van der Waals surface area contributed by atoms with E-state index >= 15 is 0 Å². The average Bonchev–Trinajstić information content (AvgIpc) is 2.87. The summed E-state index contributed by atoms with van der Waals surface area (Å²) in [5.41, 5.74) is 1.07. The van der Waals surface area contributed by atoms with Gasteiger partial charge in [0.15, 0.2) is 11.6 Å². The van der Waals surface area contributed by atoms with Crippen molar-refractivity contribution in [3.8, 4) is 5.82 Å². The quantitative estimate of drug-likeness (QED) is 0.829. The topological polar surface area (TPSA) is 73.5 Å². The van der Waals surface area contributed by atoms with Crippen LogP contribution < -0.4 is 5.32 Å². The highest BCUT2D eigenvalue weighted by atomic mass is 15.6. The number of rotatable bonds is 4. The Bertz CT molecular complexity index is 479. The molecule has 0 aliphatic carbocycles. The molecule has 0 fully saturated rings. The second-order valence-corrected chi connectivity index (χ2v) is 4.00. The molecule has 0 aliphatic heterocycles. The van der Waals surface area contributed by atoms with E-state index in [1.807, 2.05) is 27.0 Å². The lowest BCUT2D eigenvalue weighted by molar-refractivity contribution is 0.546. The van der Waals surface area contributed by atoms with Crippen LogP contribution in [0.3, 0.4) is 0 Å². The minimum Gasteiger partial charge on any atom is -0.308 e. The fourth-order valence-electron chi connectivity index (χ4n) is 1.67. The number of hydrogen-bond donors (Lipinski definition) is 1. The summed E-state index contributed by atoms with van der Waals surface area (Å²) in [7, 11) is 1.90. The zero-order valence-corrected chi connectivity index (χ0v) is 10.5. The lowest BCUT2D eigenvalue weighted by Gasteiger charge is -2.10. The molecule has 17 heavy (non-hydrogen) atoms. The van der Waals surface area contributed by atoms with Gasteiger partial charge in [-0.1, -0.05) is 6.92 Å². The van der Waals surface area contributed by atoms with Gasteiger partial charge in [-0.15, -0.1) is 5.10 Å². The number of nitrogens with one attached hydrogen (secondary N) is 1. The molecule has 2 aromatic heterocycles. The van der Waals surface area contributed by atoms with Crippen LogP contribution >= 0.6 is 0 Å². The van der Waals surface area contributed by atoms with E-state index in [4.69, 9.17) is 0 Å². The van der Waals surface area contributed by atoms with Gasteiger partial charge in [0, 0.05) is 18.8 Å². The summed E-state index contributed by atoms with van der Waals surface area (Å²) < 4.78 is 3.47. The maximum atomic E-state index is 4.37. The van der Waals surface area contributed by atoms with Crippen molar-refractivity contribution in [3.63, 3.8) is 0 Å². The van der Waals surface area contributed by atoms with Crippen molar-refractivity contribution in [1.29, 1.82) is 0 Å². The standard InChI is InChI=1S/C10H17N7/c1-5-11-8(3)10-12-14-15-17(10)9-6-7(2)16(4)13-9/h6,8,11H,5H2,1-4H3. The summed E-state index contributed by atoms with van der Waals surface area (Å²) >= 11 is 0. The van der Waals surface area contributed by atoms with Crippen molar-refractivity contribution >= 4 is 0 Å². The van der Waals surface area contributed by atoms with Gasteiger partial charge in [0.2, 0.25) is 0 Å². The first kappa shape index (κ1) is 11.7. The molecule has 7 heteroatoms. The highest BCUT2D eigenvalue weighted by molar-refractivity contribution is 5.24. The first-order valence-electron chi connectivity index (χ1n) is 5.66. The van der Waals surface area contributed by atoms with Gasteiger partial charge in [0.05, 0.1) is 6.04 Å². The van der Waals surface area contributed by atoms with Crippen LogP contribution in [0.5, 0.6) is 0 Å². The SMILES string of the molecule is CCNC(C)c1nnnn1-c1cc(C)n(C)n1. The Morgan fingerprint density at radius 2 is 2.24 bits per heavy atom. The predicted octanol–water partition coefficient (Wildman–Crippen LogP) is 0.375. The second kappa shape index (κ2) is 4.62. The molecule has 7 nitrogen and oxygen atoms in total. The average molecular weight is 235 g/mol. The molecule has 1 N–H and O–H groups in total. The summed E-state index contributed by atoms with van der Waals surface area (Å²) in [6, 6.07) is 2.05. The highest BCUT2D eigenvalue weighted by Crippen LogP contribution is 2.13. The first-order valence-corrected chi connectivity index (χ1v) is 5.66. The van der Waals surface area contributed by atoms with E-state index < -0.39 is 0 Å². The minimum atomic E-state index is 0.0947. The van der Waals surface area contributed by atoms with Gasteiger partial charge >= 0.3 is 0 Å². The molecule has 2 aromatic rings. The van der Waals surface area contributed by atoms with Crippen LogP contribution in [-0.4, -0.2) is 36.5 Å². The maximum absolute atomic E-state index is 4.37. The second-order valence-electron chi connectivity index (χ2n) is 4.00. The largest absolute Gasteiger partial charge is 0.308 e. The van der Waals surface area contributed by atoms with Gasteiger partial charge in [0.1, 0.15) is 0 Å². The van der Waals surface area contributed by atoms with Gasteiger partial charge in [-0.2, -0.15) is 9.78 Å². The van der Waals surface area contributed by atoms with Crippen LogP contribution in [0.1, 0.15) is 31.4 Å². The van der Waals surface area contributed by atoms with Crippen LogP contribution in [0.2, 0.25) is 0 Å². The molecule has 1 unspecified atom stereocenters. The minimum absolute atomic E-state index is 0.0947. The van der Waals surface area contributed by atoms with Crippen molar-refractivity contribution < 1.29 is 0 Å². The number of tetrazole rings is 1. The molecule has 2 heterocycles. The molecule has 0 bridgehead atoms. The molecule has 0 aromatic carbocycles. The van der Waals surface area contributed by atoms with Crippen molar-refractivity contribution in [2.45, 2.75) is 26.8 Å². The fourth-order valence-corrected chi connectivity index (χ4v) is 1.67. The predicted molar refractivity (Wildman–Crippen MR) is 62.7 cm³/mol. The van der Waals surface area contributed by atoms with E-state index in [1.54, 1.807) is 9.36 Å². The third kappa shape index (κ3) is 2.19. The summed E-state index contributed by atoms with van der Waals surface area (Å²) in [4.78, 5) is 0. The molecule has 0 amide bonds. The van der Waals surface area contributed by atoms with Crippen LogP contribution in [0.4, 0.5) is 0 Å². The molecule has 2 rings (SSSR count). The molecule has 0 spiro atoms. The summed E-state index contributed by atoms with van der Waals surface area (Å²) in [5.74, 6) is 1.51. The fraction of sp³-hybridized carbons (Fsp3) is 0.600. The molecule has 0 saturated carbocycles. The first-order chi connectivity index (χ1) is 8.13. The van der Waals surface area contributed by atoms with Crippen molar-refractivity contribution in [2.75, 3.05) is 6.54 Å². The highest BCUT2D eigenvalue weighted by Gasteiger charge is 2.16. The van der Waals surface area contributed by atoms with Crippen LogP contribution in [-0.2, 0) is 7.05 Å². The van der Waals surface area contributed by atoms with Gasteiger partial charge in [-0.05, 0) is 30.8 Å². The van der Waals surface area contributed by atoms with Crippen molar-refractivity contribution in [2.24, 2.45) is 7.05 Å². The number of nitrogens with zero attached hydrogens (tertiary/aromatic N) is 6. The molecule has 0 aliphatic rings. The Kier molecular flexibility index (Phi) is 3.19. The number of aryl methyl sites for hydroxylation is 2. The summed E-state index contributed by atoms with van der Waals surface area (Å²) in [6.45, 7) is 6.95. The van der Waals surface area contributed by atoms with Crippen molar-refractivity contribution in [1.82, 2.24) is 35.3 Å². The number of aromatic nitrogens is 6. The van der Waals surface area contributed by atoms with Crippen LogP contribution in [0.25, 0.3) is 5.82 Å². The third-order valence-electron chi connectivity index (χ3n) is 2.71. The Balaban J connectivity index is 2.36. The van der Waals surface area contributed by atoms with Crippen LogP contribution in [0, 0.1) is 6.92 Å². The molecule has 0 saturated heterocycles. The van der Waals surface area contributed by atoms with E-state index in [1.165, 1.54) is 0 Å². The third-order valence-corrected chi connectivity index (χ3v) is 2.71. The molecule has 1 atom stereocenters. The Morgan fingerprint density at radius 1 is 1.47 bits per heavy atom. The zero-order valence-electron chi connectivity index (χ0n) is 10.5. The normalized spacial score (nSPS) is 12.9. The maximum Gasteiger partial charge on any atom is 0.179 e. The monoisotopic (exact) mass is 235 g/mol. The van der Waals surface area contributed by atoms with Crippen molar-refractivity contribution in [3.05, 3.63) is 17.6 Å². The number of hydrogen-bond acceptors (Lipinski definition) is 5. The zero-order chi connectivity index (χ0) is 12.4. The van der Waals surface area contributed by atoms with E-state index in [0.717, 1.165) is 23.9 Å². The van der Waals surface area contributed by atoms with Gasteiger partial charge in [0.25, 0.3) is 0 Å². The molecular weight excluding hydrogens is 218 g/mol. The summed E-state index contributed by atoms with van der Waals surface area (Å²) in [5, 5.41) is 19.4. The lowest BCUT2D eigenvalue weighted by atomic mass is 10.3. The van der Waals surface area contributed by atoms with Gasteiger partial charge in [-0.3, -0.25) is 4.68 Å². The van der Waals surface area contributed by atoms with E-state index in [0.29, 0.717) is 0 Å². The molecular formula is C10H17N7. The van der Waals surface area contributed by atoms with E-state index in [2.05, 4.69) is 32.9 Å². The van der Waals surface area contributed by atoms with E-state index in [-0.39, 0.29) is 6.04 Å². The van der Waals surface area contributed by atoms with Gasteiger partial charge in [-0.25, -0.2) is 0 Å². The lowest BCUT2D eigenvalue weighted by Crippen LogP contribution is -2.21. The molecule has 0 radical (unpaired) electrons. The van der Waals surface area contributed by atoms with Crippen LogP contribution in [0.15, 0.2) is 6.07 Å². The Hall–Kier alpha value is -1.76. The Labute approximate surface area is 99.8 Å².